The number of halogens is 1. The third kappa shape index (κ3) is 4.31. The molecule has 1 fully saturated rings. The lowest BCUT2D eigenvalue weighted by molar-refractivity contribution is 0.0551. The van der Waals surface area contributed by atoms with Crippen LogP contribution in [0.5, 0.6) is 5.75 Å². The molecule has 1 saturated heterocycles. The Morgan fingerprint density at radius 2 is 2.10 bits per heavy atom. The third-order valence-corrected chi connectivity index (χ3v) is 5.10. The number of rotatable bonds is 6. The van der Waals surface area contributed by atoms with E-state index in [0.29, 0.717) is 42.7 Å². The molecule has 0 aliphatic carbocycles. The molecule has 7 nitrogen and oxygen atoms in total. The van der Waals surface area contributed by atoms with Gasteiger partial charge in [0.15, 0.2) is 5.82 Å². The molecule has 0 bridgehead atoms. The monoisotopic (exact) mass is 398 g/mol. The molecule has 0 N–H and O–H groups in total. The van der Waals surface area contributed by atoms with E-state index >= 15 is 0 Å². The standard InChI is InChI=1S/C21H23FN4O3/c1-25-12-4-6-18(25)21(27)26-13-3-2-5-17(26)20-23-19(24-29-20)11-14-28-16-9-7-15(22)8-10-16/h4,6-10,12,17H,2-3,5,11,13-14H2,1H3. The van der Waals surface area contributed by atoms with Crippen LogP contribution in [0.15, 0.2) is 47.1 Å². The van der Waals surface area contributed by atoms with Gasteiger partial charge in [0.1, 0.15) is 23.3 Å². The Kier molecular flexibility index (Phi) is 5.59. The van der Waals surface area contributed by atoms with Crippen molar-refractivity contribution >= 4 is 5.91 Å². The number of amides is 1. The van der Waals surface area contributed by atoms with Crippen LogP contribution in [0.1, 0.15) is 47.5 Å². The quantitative estimate of drug-likeness (QED) is 0.635. The van der Waals surface area contributed by atoms with Crippen LogP contribution >= 0.6 is 0 Å². The van der Waals surface area contributed by atoms with Crippen molar-refractivity contribution in [1.29, 1.82) is 0 Å². The normalized spacial score (nSPS) is 16.8. The van der Waals surface area contributed by atoms with Crippen molar-refractivity contribution in [2.24, 2.45) is 7.05 Å². The number of hydrogen-bond acceptors (Lipinski definition) is 5. The molecule has 2 aromatic heterocycles. The molecular formula is C21H23FN4O3. The van der Waals surface area contributed by atoms with E-state index in [0.717, 1.165) is 19.3 Å². The minimum absolute atomic E-state index is 0.0263. The van der Waals surface area contributed by atoms with Gasteiger partial charge in [0.2, 0.25) is 5.89 Å². The van der Waals surface area contributed by atoms with Crippen LogP contribution in [0.3, 0.4) is 0 Å². The van der Waals surface area contributed by atoms with Crippen LogP contribution < -0.4 is 4.74 Å². The van der Waals surface area contributed by atoms with Gasteiger partial charge < -0.3 is 18.7 Å². The van der Waals surface area contributed by atoms with Gasteiger partial charge in [-0.3, -0.25) is 4.79 Å². The predicted molar refractivity (Wildman–Crippen MR) is 103 cm³/mol. The van der Waals surface area contributed by atoms with Crippen LogP contribution in [0.25, 0.3) is 0 Å². The molecule has 4 rings (SSSR count). The fraction of sp³-hybridized carbons (Fsp3) is 0.381. The summed E-state index contributed by atoms with van der Waals surface area (Å²) in [5.41, 5.74) is 0.643. The molecule has 1 amide bonds. The fourth-order valence-corrected chi connectivity index (χ4v) is 3.56. The lowest BCUT2D eigenvalue weighted by atomic mass is 10.0. The van der Waals surface area contributed by atoms with Gasteiger partial charge in [0, 0.05) is 26.2 Å². The van der Waals surface area contributed by atoms with Crippen molar-refractivity contribution in [2.45, 2.75) is 31.7 Å². The number of piperidine rings is 1. The first kappa shape index (κ1) is 19.2. The zero-order valence-corrected chi connectivity index (χ0v) is 16.3. The van der Waals surface area contributed by atoms with E-state index in [4.69, 9.17) is 9.26 Å². The number of hydrogen-bond donors (Lipinski definition) is 0. The summed E-state index contributed by atoms with van der Waals surface area (Å²) in [6.07, 6.45) is 5.08. The lowest BCUT2D eigenvalue weighted by Gasteiger charge is -2.33. The van der Waals surface area contributed by atoms with Crippen molar-refractivity contribution in [3.63, 3.8) is 0 Å². The summed E-state index contributed by atoms with van der Waals surface area (Å²) >= 11 is 0. The number of aryl methyl sites for hydroxylation is 1. The van der Waals surface area contributed by atoms with Gasteiger partial charge in [-0.15, -0.1) is 0 Å². The van der Waals surface area contributed by atoms with E-state index in [9.17, 15) is 9.18 Å². The zero-order valence-electron chi connectivity index (χ0n) is 16.3. The number of ether oxygens (including phenoxy) is 1. The Labute approximate surface area is 168 Å². The van der Waals surface area contributed by atoms with Crippen molar-refractivity contribution in [3.8, 4) is 5.75 Å². The van der Waals surface area contributed by atoms with Crippen molar-refractivity contribution in [2.75, 3.05) is 13.2 Å². The van der Waals surface area contributed by atoms with Gasteiger partial charge in [-0.25, -0.2) is 4.39 Å². The van der Waals surface area contributed by atoms with Crippen LogP contribution in [-0.4, -0.2) is 38.7 Å². The molecule has 29 heavy (non-hydrogen) atoms. The highest BCUT2D eigenvalue weighted by atomic mass is 19.1. The summed E-state index contributed by atoms with van der Waals surface area (Å²) in [6, 6.07) is 9.31. The van der Waals surface area contributed by atoms with Crippen LogP contribution in [0.2, 0.25) is 0 Å². The van der Waals surface area contributed by atoms with Crippen molar-refractivity contribution in [1.82, 2.24) is 19.6 Å². The molecule has 8 heteroatoms. The Bertz CT molecular complexity index is 966. The molecule has 1 atom stereocenters. The zero-order chi connectivity index (χ0) is 20.2. The van der Waals surface area contributed by atoms with Crippen molar-refractivity contribution < 1.29 is 18.4 Å². The fourth-order valence-electron chi connectivity index (χ4n) is 3.56. The van der Waals surface area contributed by atoms with E-state index in [1.165, 1.54) is 12.1 Å². The molecule has 3 heterocycles. The van der Waals surface area contributed by atoms with E-state index in [2.05, 4.69) is 10.1 Å². The van der Waals surface area contributed by atoms with Crippen LogP contribution in [0, 0.1) is 5.82 Å². The van der Waals surface area contributed by atoms with Crippen LogP contribution in [-0.2, 0) is 13.5 Å². The number of carbonyl (C=O) groups excluding carboxylic acids is 1. The summed E-state index contributed by atoms with van der Waals surface area (Å²) in [5.74, 6) is 1.24. The number of likely N-dealkylation sites (tertiary alicyclic amines) is 1. The number of nitrogens with zero attached hydrogens (tertiary/aromatic N) is 4. The number of aromatic nitrogens is 3. The Balaban J connectivity index is 1.40. The molecule has 0 radical (unpaired) electrons. The molecule has 0 spiro atoms. The van der Waals surface area contributed by atoms with Gasteiger partial charge in [0.25, 0.3) is 5.91 Å². The molecular weight excluding hydrogens is 375 g/mol. The summed E-state index contributed by atoms with van der Waals surface area (Å²) < 4.78 is 25.8. The second-order valence-corrected chi connectivity index (χ2v) is 7.12. The molecule has 152 valence electrons. The Morgan fingerprint density at radius 3 is 2.86 bits per heavy atom. The van der Waals surface area contributed by atoms with Gasteiger partial charge in [-0.2, -0.15) is 4.98 Å². The molecule has 0 saturated carbocycles. The van der Waals surface area contributed by atoms with Gasteiger partial charge in [-0.1, -0.05) is 5.16 Å². The largest absolute Gasteiger partial charge is 0.493 e. The average molecular weight is 398 g/mol. The van der Waals surface area contributed by atoms with Gasteiger partial charge in [0.05, 0.1) is 6.61 Å². The molecule has 1 aliphatic rings. The summed E-state index contributed by atoms with van der Waals surface area (Å²) in [7, 11) is 1.86. The predicted octanol–water partition coefficient (Wildman–Crippen LogP) is 3.54. The highest BCUT2D eigenvalue weighted by Gasteiger charge is 2.33. The van der Waals surface area contributed by atoms with E-state index in [1.807, 2.05) is 34.8 Å². The average Bonchev–Trinajstić information content (AvgIpc) is 3.38. The third-order valence-electron chi connectivity index (χ3n) is 5.10. The first-order chi connectivity index (χ1) is 14.1. The maximum Gasteiger partial charge on any atom is 0.271 e. The van der Waals surface area contributed by atoms with E-state index in [1.54, 1.807) is 12.1 Å². The van der Waals surface area contributed by atoms with Crippen molar-refractivity contribution in [3.05, 3.63) is 65.8 Å². The highest BCUT2D eigenvalue weighted by Crippen LogP contribution is 2.31. The smallest absolute Gasteiger partial charge is 0.271 e. The second kappa shape index (κ2) is 8.46. The van der Waals surface area contributed by atoms with Gasteiger partial charge >= 0.3 is 0 Å². The minimum Gasteiger partial charge on any atom is -0.493 e. The van der Waals surface area contributed by atoms with Gasteiger partial charge in [-0.05, 0) is 55.7 Å². The maximum absolute atomic E-state index is 13.0. The number of benzene rings is 1. The van der Waals surface area contributed by atoms with E-state index in [-0.39, 0.29) is 17.8 Å². The Morgan fingerprint density at radius 1 is 1.28 bits per heavy atom. The maximum atomic E-state index is 13.0. The summed E-state index contributed by atoms with van der Waals surface area (Å²) in [4.78, 5) is 19.3. The first-order valence-electron chi connectivity index (χ1n) is 9.75. The Hall–Kier alpha value is -3.16. The minimum atomic E-state index is -0.304. The molecule has 1 unspecified atom stereocenters. The molecule has 3 aromatic rings. The second-order valence-electron chi connectivity index (χ2n) is 7.12. The van der Waals surface area contributed by atoms with Crippen LogP contribution in [0.4, 0.5) is 4.39 Å². The molecule has 1 aromatic carbocycles. The SMILES string of the molecule is Cn1cccc1C(=O)N1CCCCC1c1nc(CCOc2ccc(F)cc2)no1. The molecule has 1 aliphatic heterocycles. The first-order valence-corrected chi connectivity index (χ1v) is 9.75. The van der Waals surface area contributed by atoms with E-state index < -0.39 is 0 Å². The topological polar surface area (TPSA) is 73.4 Å². The summed E-state index contributed by atoms with van der Waals surface area (Å²) in [6.45, 7) is 1.02. The lowest BCUT2D eigenvalue weighted by Crippen LogP contribution is -2.39. The number of carbonyl (C=O) groups is 1. The highest BCUT2D eigenvalue weighted by molar-refractivity contribution is 5.93. The summed E-state index contributed by atoms with van der Waals surface area (Å²) in [5, 5.41) is 4.04.